The van der Waals surface area contributed by atoms with Crippen molar-refractivity contribution in [2.75, 3.05) is 26.0 Å². The van der Waals surface area contributed by atoms with Crippen molar-refractivity contribution in [3.05, 3.63) is 72.3 Å². The molecule has 0 aliphatic carbocycles. The summed E-state index contributed by atoms with van der Waals surface area (Å²) >= 11 is 0. The van der Waals surface area contributed by atoms with Crippen LogP contribution in [-0.2, 0) is 19.6 Å². The molecule has 0 bridgehead atoms. The first-order chi connectivity index (χ1) is 13.8. The lowest BCUT2D eigenvalue weighted by atomic mass is 10.1. The Morgan fingerprint density at radius 3 is 2.28 bits per heavy atom. The van der Waals surface area contributed by atoms with E-state index in [0.717, 1.165) is 15.1 Å². The molecular weight excluding hydrogens is 392 g/mol. The number of amides is 1. The minimum absolute atomic E-state index is 0.0627. The monoisotopic (exact) mass is 412 g/mol. The van der Waals surface area contributed by atoms with E-state index >= 15 is 0 Å². The molecule has 3 rings (SSSR count). The van der Waals surface area contributed by atoms with Gasteiger partial charge in [0.1, 0.15) is 0 Å². The van der Waals surface area contributed by atoms with Gasteiger partial charge in [-0.15, -0.1) is 0 Å². The SMILES string of the molecule is CN(C)S(=O)(=O)c1ccc(C(=O)OCC(=O)Nc2cccc3ccccc23)cc1. The van der Waals surface area contributed by atoms with Gasteiger partial charge in [0.25, 0.3) is 5.91 Å². The highest BCUT2D eigenvalue weighted by Gasteiger charge is 2.18. The van der Waals surface area contributed by atoms with Crippen molar-refractivity contribution in [2.24, 2.45) is 0 Å². The van der Waals surface area contributed by atoms with E-state index in [1.54, 1.807) is 6.07 Å². The lowest BCUT2D eigenvalue weighted by Gasteiger charge is -2.12. The fourth-order valence-corrected chi connectivity index (χ4v) is 3.61. The van der Waals surface area contributed by atoms with E-state index in [9.17, 15) is 18.0 Å². The van der Waals surface area contributed by atoms with E-state index in [1.807, 2.05) is 36.4 Å². The number of hydrogen-bond acceptors (Lipinski definition) is 5. The first kappa shape index (κ1) is 20.5. The van der Waals surface area contributed by atoms with Gasteiger partial charge in [0, 0.05) is 25.2 Å². The first-order valence-corrected chi connectivity index (χ1v) is 10.2. The second kappa shape index (κ2) is 8.42. The zero-order chi connectivity index (χ0) is 21.0. The molecule has 0 atom stereocenters. The Balaban J connectivity index is 1.62. The van der Waals surface area contributed by atoms with Crippen molar-refractivity contribution in [3.63, 3.8) is 0 Å². The molecule has 29 heavy (non-hydrogen) atoms. The number of carbonyl (C=O) groups excluding carboxylic acids is 2. The van der Waals surface area contributed by atoms with Crippen molar-refractivity contribution in [1.82, 2.24) is 4.31 Å². The molecule has 1 amide bonds. The number of benzene rings is 3. The van der Waals surface area contributed by atoms with E-state index in [0.29, 0.717) is 5.69 Å². The number of fused-ring (bicyclic) bond motifs is 1. The topological polar surface area (TPSA) is 92.8 Å². The summed E-state index contributed by atoms with van der Waals surface area (Å²) in [5.41, 5.74) is 0.781. The highest BCUT2D eigenvalue weighted by molar-refractivity contribution is 7.89. The van der Waals surface area contributed by atoms with Crippen molar-refractivity contribution >= 4 is 38.4 Å². The summed E-state index contributed by atoms with van der Waals surface area (Å²) in [5, 5.41) is 4.60. The van der Waals surface area contributed by atoms with Crippen molar-refractivity contribution < 1.29 is 22.7 Å². The minimum atomic E-state index is -3.58. The van der Waals surface area contributed by atoms with Crippen LogP contribution in [0, 0.1) is 0 Å². The third kappa shape index (κ3) is 4.61. The predicted octanol–water partition coefficient (Wildman–Crippen LogP) is 2.89. The third-order valence-electron chi connectivity index (χ3n) is 4.27. The number of anilines is 1. The maximum absolute atomic E-state index is 12.2. The van der Waals surface area contributed by atoms with Gasteiger partial charge in [-0.05, 0) is 35.7 Å². The summed E-state index contributed by atoms with van der Waals surface area (Å²) in [7, 11) is -0.735. The van der Waals surface area contributed by atoms with Crippen LogP contribution in [0.3, 0.4) is 0 Å². The second-order valence-corrected chi connectivity index (χ2v) is 8.61. The van der Waals surface area contributed by atoms with Crippen LogP contribution in [0.1, 0.15) is 10.4 Å². The Hall–Kier alpha value is -3.23. The number of nitrogens with one attached hydrogen (secondary N) is 1. The number of nitrogens with zero attached hydrogens (tertiary/aromatic N) is 1. The Labute approximate surface area is 169 Å². The Kier molecular flexibility index (Phi) is 5.95. The van der Waals surface area contributed by atoms with Gasteiger partial charge in [-0.2, -0.15) is 0 Å². The fraction of sp³-hybridized carbons (Fsp3) is 0.143. The maximum atomic E-state index is 12.2. The van der Waals surface area contributed by atoms with E-state index in [2.05, 4.69) is 5.32 Å². The zero-order valence-electron chi connectivity index (χ0n) is 16.0. The molecule has 8 heteroatoms. The fourth-order valence-electron chi connectivity index (χ4n) is 2.71. The van der Waals surface area contributed by atoms with Crippen LogP contribution in [0.25, 0.3) is 10.8 Å². The standard InChI is InChI=1S/C21H20N2O5S/c1-23(2)29(26,27)17-12-10-16(11-13-17)21(25)28-14-20(24)22-19-9-5-7-15-6-3-4-8-18(15)19/h3-13H,14H2,1-2H3,(H,22,24). The Morgan fingerprint density at radius 2 is 1.59 bits per heavy atom. The zero-order valence-corrected chi connectivity index (χ0v) is 16.8. The molecule has 0 radical (unpaired) electrons. The van der Waals surface area contributed by atoms with Gasteiger partial charge in [-0.3, -0.25) is 4.79 Å². The van der Waals surface area contributed by atoms with Gasteiger partial charge in [-0.25, -0.2) is 17.5 Å². The number of ether oxygens (including phenoxy) is 1. The van der Waals surface area contributed by atoms with Crippen LogP contribution in [-0.4, -0.2) is 45.3 Å². The summed E-state index contributed by atoms with van der Waals surface area (Å²) in [5.74, 6) is -1.19. The molecule has 150 valence electrons. The maximum Gasteiger partial charge on any atom is 0.338 e. The highest BCUT2D eigenvalue weighted by Crippen LogP contribution is 2.22. The molecule has 0 saturated heterocycles. The van der Waals surface area contributed by atoms with Gasteiger partial charge < -0.3 is 10.1 Å². The van der Waals surface area contributed by atoms with Gasteiger partial charge in [-0.1, -0.05) is 36.4 Å². The second-order valence-electron chi connectivity index (χ2n) is 6.46. The lowest BCUT2D eigenvalue weighted by Crippen LogP contribution is -2.22. The van der Waals surface area contributed by atoms with E-state index < -0.39 is 28.5 Å². The summed E-state index contributed by atoms with van der Waals surface area (Å²) in [6.07, 6.45) is 0. The average molecular weight is 412 g/mol. The van der Waals surface area contributed by atoms with E-state index in [-0.39, 0.29) is 10.5 Å². The molecule has 0 unspecified atom stereocenters. The van der Waals surface area contributed by atoms with Crippen LogP contribution in [0.15, 0.2) is 71.6 Å². The molecule has 0 aliphatic rings. The Bertz CT molecular complexity index is 1150. The van der Waals surface area contributed by atoms with Gasteiger partial charge in [0.15, 0.2) is 6.61 Å². The van der Waals surface area contributed by atoms with Crippen molar-refractivity contribution in [3.8, 4) is 0 Å². The number of rotatable bonds is 6. The number of hydrogen-bond donors (Lipinski definition) is 1. The molecule has 1 N–H and O–H groups in total. The molecule has 0 heterocycles. The van der Waals surface area contributed by atoms with Gasteiger partial charge in [0.05, 0.1) is 10.5 Å². The average Bonchev–Trinajstić information content (AvgIpc) is 2.72. The lowest BCUT2D eigenvalue weighted by molar-refractivity contribution is -0.119. The Morgan fingerprint density at radius 1 is 0.931 bits per heavy atom. The third-order valence-corrected chi connectivity index (χ3v) is 6.10. The summed E-state index contributed by atoms with van der Waals surface area (Å²) in [6.45, 7) is -0.459. The molecule has 3 aromatic rings. The smallest absolute Gasteiger partial charge is 0.338 e. The summed E-state index contributed by atoms with van der Waals surface area (Å²) < 4.78 is 30.2. The summed E-state index contributed by atoms with van der Waals surface area (Å²) in [6, 6.07) is 18.5. The minimum Gasteiger partial charge on any atom is -0.452 e. The summed E-state index contributed by atoms with van der Waals surface area (Å²) in [4.78, 5) is 24.4. The van der Waals surface area contributed by atoms with Crippen molar-refractivity contribution in [1.29, 1.82) is 0 Å². The van der Waals surface area contributed by atoms with Crippen LogP contribution in [0.5, 0.6) is 0 Å². The normalized spacial score (nSPS) is 11.4. The number of sulfonamides is 1. The molecule has 0 aromatic heterocycles. The quantitative estimate of drug-likeness (QED) is 0.629. The molecule has 0 aliphatic heterocycles. The molecule has 0 fully saturated rings. The van der Waals surface area contributed by atoms with Crippen LogP contribution >= 0.6 is 0 Å². The van der Waals surface area contributed by atoms with Crippen molar-refractivity contribution in [2.45, 2.75) is 4.90 Å². The van der Waals surface area contributed by atoms with Crippen LogP contribution in [0.2, 0.25) is 0 Å². The molecule has 7 nitrogen and oxygen atoms in total. The largest absolute Gasteiger partial charge is 0.452 e. The predicted molar refractivity (Wildman–Crippen MR) is 110 cm³/mol. The van der Waals surface area contributed by atoms with Gasteiger partial charge in [0.2, 0.25) is 10.0 Å². The van der Waals surface area contributed by atoms with Crippen LogP contribution in [0.4, 0.5) is 5.69 Å². The number of carbonyl (C=O) groups is 2. The molecule has 0 saturated carbocycles. The molecular formula is C21H20N2O5S. The van der Waals surface area contributed by atoms with Gasteiger partial charge >= 0.3 is 5.97 Å². The molecule has 0 spiro atoms. The van der Waals surface area contributed by atoms with E-state index in [1.165, 1.54) is 38.4 Å². The van der Waals surface area contributed by atoms with Crippen LogP contribution < -0.4 is 5.32 Å². The number of esters is 1. The highest BCUT2D eigenvalue weighted by atomic mass is 32.2. The van der Waals surface area contributed by atoms with E-state index in [4.69, 9.17) is 4.74 Å². The first-order valence-electron chi connectivity index (χ1n) is 8.76. The molecule has 3 aromatic carbocycles.